The summed E-state index contributed by atoms with van der Waals surface area (Å²) in [6, 6.07) is 8.36. The molecule has 1 aromatic rings. The molecule has 3 heteroatoms. The molecule has 118 valence electrons. The standard InChI is InChI=1S/C18H30N2O/c1-14(2)12-15-8-7-9-16(13-15)17(18(19)21)10-5-6-11-20(3)4/h7-9,13-14,17H,5-6,10-12H2,1-4H3,(H2,19,21)/t17-/m1/s1. The molecule has 0 unspecified atom stereocenters. The van der Waals surface area contributed by atoms with Crippen molar-refractivity contribution in [2.24, 2.45) is 11.7 Å². The Bertz CT molecular complexity index is 441. The summed E-state index contributed by atoms with van der Waals surface area (Å²) in [5.74, 6) is 0.258. The van der Waals surface area contributed by atoms with Crippen LogP contribution in [-0.2, 0) is 11.2 Å². The zero-order chi connectivity index (χ0) is 15.8. The highest BCUT2D eigenvalue weighted by atomic mass is 16.1. The monoisotopic (exact) mass is 290 g/mol. The van der Waals surface area contributed by atoms with Gasteiger partial charge >= 0.3 is 0 Å². The van der Waals surface area contributed by atoms with Crippen molar-refractivity contribution in [1.29, 1.82) is 0 Å². The van der Waals surface area contributed by atoms with Gasteiger partial charge in [0.1, 0.15) is 0 Å². The molecule has 0 aliphatic heterocycles. The summed E-state index contributed by atoms with van der Waals surface area (Å²) in [5, 5.41) is 0. The fourth-order valence-electron chi connectivity index (χ4n) is 2.66. The van der Waals surface area contributed by atoms with E-state index in [1.54, 1.807) is 0 Å². The van der Waals surface area contributed by atoms with E-state index in [9.17, 15) is 4.79 Å². The van der Waals surface area contributed by atoms with Crippen LogP contribution in [0.5, 0.6) is 0 Å². The summed E-state index contributed by atoms with van der Waals surface area (Å²) in [6.07, 6.45) is 4.01. The maximum Gasteiger partial charge on any atom is 0.224 e. The third kappa shape index (κ3) is 6.76. The topological polar surface area (TPSA) is 46.3 Å². The lowest BCUT2D eigenvalue weighted by atomic mass is 9.90. The van der Waals surface area contributed by atoms with Gasteiger partial charge in [0.05, 0.1) is 5.92 Å². The first-order valence-corrected chi connectivity index (χ1v) is 7.93. The molecule has 0 aliphatic rings. The van der Waals surface area contributed by atoms with Gasteiger partial charge in [0.2, 0.25) is 5.91 Å². The Morgan fingerprint density at radius 1 is 1.24 bits per heavy atom. The Kier molecular flexibility index (Phi) is 7.44. The first-order chi connectivity index (χ1) is 9.90. The SMILES string of the molecule is CC(C)Cc1cccc([C@@H](CCCCN(C)C)C(N)=O)c1. The Morgan fingerprint density at radius 2 is 1.95 bits per heavy atom. The number of nitrogens with zero attached hydrogens (tertiary/aromatic N) is 1. The van der Waals surface area contributed by atoms with Gasteiger partial charge in [-0.15, -0.1) is 0 Å². The molecule has 0 fully saturated rings. The van der Waals surface area contributed by atoms with Crippen molar-refractivity contribution in [3.63, 3.8) is 0 Å². The van der Waals surface area contributed by atoms with Crippen molar-refractivity contribution in [1.82, 2.24) is 4.90 Å². The van der Waals surface area contributed by atoms with Gasteiger partial charge in [-0.25, -0.2) is 0 Å². The maximum atomic E-state index is 11.8. The van der Waals surface area contributed by atoms with E-state index in [2.05, 4.69) is 45.0 Å². The van der Waals surface area contributed by atoms with Crippen LogP contribution < -0.4 is 5.73 Å². The highest BCUT2D eigenvalue weighted by Gasteiger charge is 2.17. The number of rotatable bonds is 9. The van der Waals surface area contributed by atoms with Gasteiger partial charge in [0, 0.05) is 0 Å². The minimum atomic E-state index is -0.207. The Labute approximate surface area is 129 Å². The second-order valence-corrected chi connectivity index (χ2v) is 6.60. The predicted octanol–water partition coefficient (Wildman–Crippen LogP) is 3.19. The first kappa shape index (κ1) is 17.7. The summed E-state index contributed by atoms with van der Waals surface area (Å²) in [5.41, 5.74) is 7.98. The highest BCUT2D eigenvalue weighted by molar-refractivity contribution is 5.81. The largest absolute Gasteiger partial charge is 0.369 e. The van der Waals surface area contributed by atoms with Crippen molar-refractivity contribution in [2.75, 3.05) is 20.6 Å². The predicted molar refractivity (Wildman–Crippen MR) is 89.3 cm³/mol. The third-order valence-electron chi connectivity index (χ3n) is 3.69. The molecule has 1 amide bonds. The summed E-state index contributed by atoms with van der Waals surface area (Å²) >= 11 is 0. The van der Waals surface area contributed by atoms with Crippen LogP contribution in [0.4, 0.5) is 0 Å². The third-order valence-corrected chi connectivity index (χ3v) is 3.69. The van der Waals surface area contributed by atoms with E-state index in [-0.39, 0.29) is 11.8 Å². The van der Waals surface area contributed by atoms with Crippen LogP contribution in [0.25, 0.3) is 0 Å². The van der Waals surface area contributed by atoms with Crippen LogP contribution in [-0.4, -0.2) is 31.4 Å². The molecule has 21 heavy (non-hydrogen) atoms. The number of carbonyl (C=O) groups excluding carboxylic acids is 1. The van der Waals surface area contributed by atoms with Crippen molar-refractivity contribution in [3.8, 4) is 0 Å². The number of nitrogens with two attached hydrogens (primary N) is 1. The van der Waals surface area contributed by atoms with Crippen molar-refractivity contribution in [2.45, 2.75) is 45.4 Å². The van der Waals surface area contributed by atoms with Gasteiger partial charge in [-0.2, -0.15) is 0 Å². The van der Waals surface area contributed by atoms with Crippen molar-refractivity contribution in [3.05, 3.63) is 35.4 Å². The molecule has 0 aromatic heterocycles. The first-order valence-electron chi connectivity index (χ1n) is 7.93. The Hall–Kier alpha value is -1.35. The van der Waals surface area contributed by atoms with E-state index in [1.165, 1.54) is 5.56 Å². The molecule has 1 atom stereocenters. The number of carbonyl (C=O) groups is 1. The van der Waals surface area contributed by atoms with Crippen LogP contribution in [0, 0.1) is 5.92 Å². The van der Waals surface area contributed by atoms with Gasteiger partial charge in [-0.3, -0.25) is 4.79 Å². The molecule has 2 N–H and O–H groups in total. The van der Waals surface area contributed by atoms with Crippen LogP contribution in [0.1, 0.15) is 50.2 Å². The van der Waals surface area contributed by atoms with E-state index in [0.717, 1.165) is 37.8 Å². The Balaban J connectivity index is 2.69. The van der Waals surface area contributed by atoms with E-state index in [4.69, 9.17) is 5.73 Å². The molecule has 0 aliphatic carbocycles. The molecule has 0 spiro atoms. The summed E-state index contributed by atoms with van der Waals surface area (Å²) < 4.78 is 0. The van der Waals surface area contributed by atoms with Gasteiger partial charge in [-0.1, -0.05) is 44.5 Å². The second kappa shape index (κ2) is 8.83. The average Bonchev–Trinajstić information content (AvgIpc) is 2.37. The Morgan fingerprint density at radius 3 is 2.52 bits per heavy atom. The number of unbranched alkanes of at least 4 members (excludes halogenated alkanes) is 1. The highest BCUT2D eigenvalue weighted by Crippen LogP contribution is 2.23. The fourth-order valence-corrected chi connectivity index (χ4v) is 2.66. The van der Waals surface area contributed by atoms with Gasteiger partial charge in [-0.05, 0) is 56.9 Å². The molecular formula is C18H30N2O. The zero-order valence-corrected chi connectivity index (χ0v) is 13.9. The lowest BCUT2D eigenvalue weighted by Crippen LogP contribution is -2.22. The van der Waals surface area contributed by atoms with Gasteiger partial charge in [0.15, 0.2) is 0 Å². The summed E-state index contributed by atoms with van der Waals surface area (Å²) in [6.45, 7) is 5.47. The summed E-state index contributed by atoms with van der Waals surface area (Å²) in [7, 11) is 4.14. The molecule has 1 aromatic carbocycles. The van der Waals surface area contributed by atoms with E-state index in [0.29, 0.717) is 5.92 Å². The van der Waals surface area contributed by atoms with Crippen LogP contribution >= 0.6 is 0 Å². The second-order valence-electron chi connectivity index (χ2n) is 6.60. The van der Waals surface area contributed by atoms with Crippen LogP contribution in [0.3, 0.4) is 0 Å². The number of amides is 1. The zero-order valence-electron chi connectivity index (χ0n) is 13.9. The van der Waals surface area contributed by atoms with Crippen LogP contribution in [0.2, 0.25) is 0 Å². The lowest BCUT2D eigenvalue weighted by Gasteiger charge is -2.16. The quantitative estimate of drug-likeness (QED) is 0.710. The number of hydrogen-bond acceptors (Lipinski definition) is 2. The molecule has 0 saturated heterocycles. The maximum absolute atomic E-state index is 11.8. The number of benzene rings is 1. The molecule has 3 nitrogen and oxygen atoms in total. The minimum absolute atomic E-state index is 0.153. The molecule has 0 heterocycles. The summed E-state index contributed by atoms with van der Waals surface area (Å²) in [4.78, 5) is 13.9. The number of primary amides is 1. The lowest BCUT2D eigenvalue weighted by molar-refractivity contribution is -0.119. The van der Waals surface area contributed by atoms with E-state index < -0.39 is 0 Å². The molecule has 1 rings (SSSR count). The van der Waals surface area contributed by atoms with Crippen molar-refractivity contribution >= 4 is 5.91 Å². The smallest absolute Gasteiger partial charge is 0.224 e. The molecule has 0 radical (unpaired) electrons. The minimum Gasteiger partial charge on any atom is -0.369 e. The van der Waals surface area contributed by atoms with E-state index >= 15 is 0 Å². The normalized spacial score (nSPS) is 12.9. The number of hydrogen-bond donors (Lipinski definition) is 1. The molecule has 0 bridgehead atoms. The molecular weight excluding hydrogens is 260 g/mol. The van der Waals surface area contributed by atoms with Crippen molar-refractivity contribution < 1.29 is 4.79 Å². The fraction of sp³-hybridized carbons (Fsp3) is 0.611. The van der Waals surface area contributed by atoms with E-state index in [1.807, 2.05) is 12.1 Å². The van der Waals surface area contributed by atoms with Gasteiger partial charge in [0.25, 0.3) is 0 Å². The average molecular weight is 290 g/mol. The van der Waals surface area contributed by atoms with Gasteiger partial charge < -0.3 is 10.6 Å². The van der Waals surface area contributed by atoms with Crippen LogP contribution in [0.15, 0.2) is 24.3 Å². The molecule has 0 saturated carbocycles.